The lowest BCUT2D eigenvalue weighted by molar-refractivity contribution is -0.118. The fourth-order valence-corrected chi connectivity index (χ4v) is 3.75. The maximum Gasteiger partial charge on any atom is 0.201 e. The molecule has 0 radical (unpaired) electrons. The number of phenols is 3. The molecule has 0 spiro atoms. The van der Waals surface area contributed by atoms with Crippen molar-refractivity contribution in [3.05, 3.63) is 46.0 Å². The number of carbonyl (C=O) groups is 3. The van der Waals surface area contributed by atoms with Crippen molar-refractivity contribution in [1.29, 1.82) is 0 Å². The van der Waals surface area contributed by atoms with Crippen molar-refractivity contribution >= 4 is 17.3 Å². The summed E-state index contributed by atoms with van der Waals surface area (Å²) >= 11 is 0. The maximum absolute atomic E-state index is 12.9. The van der Waals surface area contributed by atoms with E-state index in [1.165, 1.54) is 13.0 Å². The lowest BCUT2D eigenvalue weighted by Crippen LogP contribution is -2.27. The summed E-state index contributed by atoms with van der Waals surface area (Å²) in [4.78, 5) is 37.1. The van der Waals surface area contributed by atoms with Gasteiger partial charge in [-0.15, -0.1) is 0 Å². The van der Waals surface area contributed by atoms with E-state index in [9.17, 15) is 29.7 Å². The highest BCUT2D eigenvalue weighted by Crippen LogP contribution is 2.45. The van der Waals surface area contributed by atoms with Gasteiger partial charge in [0.2, 0.25) is 5.78 Å². The van der Waals surface area contributed by atoms with E-state index in [1.54, 1.807) is 0 Å². The highest BCUT2D eigenvalue weighted by atomic mass is 16.5. The van der Waals surface area contributed by atoms with Crippen LogP contribution in [0.2, 0.25) is 0 Å². The molecule has 1 heterocycles. The third-order valence-corrected chi connectivity index (χ3v) is 4.94. The van der Waals surface area contributed by atoms with Gasteiger partial charge in [-0.2, -0.15) is 0 Å². The predicted octanol–water partition coefficient (Wildman–Crippen LogP) is 2.25. The Bertz CT molecular complexity index is 1040. The van der Waals surface area contributed by atoms with Gasteiger partial charge in [0.1, 0.15) is 34.9 Å². The first kappa shape index (κ1) is 17.1. The Kier molecular flexibility index (Phi) is 3.69. The molecule has 3 N–H and O–H groups in total. The van der Waals surface area contributed by atoms with Crippen molar-refractivity contribution in [2.24, 2.45) is 0 Å². The summed E-state index contributed by atoms with van der Waals surface area (Å²) in [5, 5.41) is 30.3. The Labute approximate surface area is 153 Å². The fraction of sp³-hybridized carbons (Fsp3) is 0.250. The van der Waals surface area contributed by atoms with Gasteiger partial charge in [-0.25, -0.2) is 0 Å². The van der Waals surface area contributed by atoms with Crippen molar-refractivity contribution in [2.45, 2.75) is 32.3 Å². The topological polar surface area (TPSA) is 121 Å². The first-order chi connectivity index (χ1) is 12.8. The number of hydrogen-bond acceptors (Lipinski definition) is 7. The van der Waals surface area contributed by atoms with Crippen LogP contribution in [0.15, 0.2) is 18.2 Å². The van der Waals surface area contributed by atoms with E-state index in [4.69, 9.17) is 4.74 Å². The van der Waals surface area contributed by atoms with Gasteiger partial charge in [0, 0.05) is 29.2 Å². The summed E-state index contributed by atoms with van der Waals surface area (Å²) < 4.78 is 5.77. The van der Waals surface area contributed by atoms with Gasteiger partial charge in [0.25, 0.3) is 0 Å². The zero-order valence-electron chi connectivity index (χ0n) is 14.4. The van der Waals surface area contributed by atoms with Gasteiger partial charge < -0.3 is 20.1 Å². The van der Waals surface area contributed by atoms with E-state index in [0.717, 1.165) is 12.1 Å². The highest BCUT2D eigenvalue weighted by molar-refractivity contribution is 6.30. The minimum absolute atomic E-state index is 0.0308. The van der Waals surface area contributed by atoms with E-state index < -0.39 is 17.3 Å². The lowest BCUT2D eigenvalue weighted by Gasteiger charge is -2.29. The van der Waals surface area contributed by atoms with E-state index in [2.05, 4.69) is 0 Å². The van der Waals surface area contributed by atoms with E-state index in [-0.39, 0.29) is 57.8 Å². The second-order valence-corrected chi connectivity index (χ2v) is 6.85. The molecule has 2 aromatic carbocycles. The van der Waals surface area contributed by atoms with Gasteiger partial charge in [0.15, 0.2) is 5.78 Å². The number of benzene rings is 2. The molecule has 7 heteroatoms. The average Bonchev–Trinajstić information content (AvgIpc) is 2.58. The molecule has 1 atom stereocenters. The largest absolute Gasteiger partial charge is 0.508 e. The van der Waals surface area contributed by atoms with Crippen LogP contribution >= 0.6 is 0 Å². The molecule has 4 rings (SSSR count). The summed E-state index contributed by atoms with van der Waals surface area (Å²) in [5.41, 5.74) is -0.221. The molecule has 7 nitrogen and oxygen atoms in total. The normalized spacial score (nSPS) is 17.6. The molecule has 1 aliphatic carbocycles. The molecule has 0 fully saturated rings. The van der Waals surface area contributed by atoms with Crippen LogP contribution < -0.4 is 4.74 Å². The van der Waals surface area contributed by atoms with Gasteiger partial charge in [-0.05, 0) is 31.9 Å². The molecule has 1 unspecified atom stereocenters. The molecule has 2 aromatic rings. The quantitative estimate of drug-likeness (QED) is 0.634. The van der Waals surface area contributed by atoms with Gasteiger partial charge in [-0.3, -0.25) is 14.4 Å². The minimum atomic E-state index is -0.691. The molecule has 0 saturated heterocycles. The predicted molar refractivity (Wildman–Crippen MR) is 92.8 cm³/mol. The molecule has 0 amide bonds. The molecular weight excluding hydrogens is 352 g/mol. The van der Waals surface area contributed by atoms with Gasteiger partial charge in [0.05, 0.1) is 11.1 Å². The monoisotopic (exact) mass is 368 g/mol. The smallest absolute Gasteiger partial charge is 0.201 e. The summed E-state index contributed by atoms with van der Waals surface area (Å²) in [6, 6.07) is 3.47. The molecule has 2 aliphatic rings. The third-order valence-electron chi connectivity index (χ3n) is 4.94. The van der Waals surface area contributed by atoms with Crippen molar-refractivity contribution in [3.63, 3.8) is 0 Å². The molecule has 1 aliphatic heterocycles. The number of aromatic hydroxyl groups is 3. The summed E-state index contributed by atoms with van der Waals surface area (Å²) in [5.74, 6) is -2.29. The van der Waals surface area contributed by atoms with Crippen molar-refractivity contribution in [3.8, 4) is 23.0 Å². The Hall–Kier alpha value is -3.35. The Morgan fingerprint density at radius 2 is 1.78 bits per heavy atom. The first-order valence-corrected chi connectivity index (χ1v) is 8.48. The SMILES string of the molecule is CC(=O)CC1CCc2c(cc3c(c2O)C(=O)c2c(O)cc(O)cc2C3=O)O1. The number of ether oxygens (including phenoxy) is 1. The van der Waals surface area contributed by atoms with Crippen LogP contribution in [-0.2, 0) is 11.2 Å². The van der Waals surface area contributed by atoms with E-state index in [0.29, 0.717) is 18.4 Å². The Morgan fingerprint density at radius 3 is 2.48 bits per heavy atom. The molecule has 27 heavy (non-hydrogen) atoms. The van der Waals surface area contributed by atoms with Crippen LogP contribution in [0, 0.1) is 0 Å². The minimum Gasteiger partial charge on any atom is -0.508 e. The van der Waals surface area contributed by atoms with Crippen LogP contribution in [0.25, 0.3) is 0 Å². The van der Waals surface area contributed by atoms with Crippen LogP contribution in [0.4, 0.5) is 0 Å². The molecule has 138 valence electrons. The van der Waals surface area contributed by atoms with Crippen molar-refractivity contribution in [2.75, 3.05) is 0 Å². The lowest BCUT2D eigenvalue weighted by atomic mass is 9.81. The van der Waals surface area contributed by atoms with Crippen LogP contribution in [-0.4, -0.2) is 38.8 Å². The first-order valence-electron chi connectivity index (χ1n) is 8.48. The van der Waals surface area contributed by atoms with Gasteiger partial charge >= 0.3 is 0 Å². The fourth-order valence-electron chi connectivity index (χ4n) is 3.75. The molecule has 0 bridgehead atoms. The van der Waals surface area contributed by atoms with Crippen molar-refractivity contribution < 1.29 is 34.4 Å². The Balaban J connectivity index is 1.87. The highest BCUT2D eigenvalue weighted by Gasteiger charge is 2.38. The second kappa shape index (κ2) is 5.84. The molecular formula is C20H16O7. The average molecular weight is 368 g/mol. The summed E-state index contributed by atoms with van der Waals surface area (Å²) in [7, 11) is 0. The summed E-state index contributed by atoms with van der Waals surface area (Å²) in [6.07, 6.45) is 0.746. The van der Waals surface area contributed by atoms with E-state index >= 15 is 0 Å². The Morgan fingerprint density at radius 1 is 1.07 bits per heavy atom. The van der Waals surface area contributed by atoms with Crippen LogP contribution in [0.1, 0.15) is 57.2 Å². The van der Waals surface area contributed by atoms with Crippen LogP contribution in [0.3, 0.4) is 0 Å². The number of ketones is 3. The third kappa shape index (κ3) is 2.54. The number of phenolic OH excluding ortho intramolecular Hbond substituents is 3. The van der Waals surface area contributed by atoms with Crippen LogP contribution in [0.5, 0.6) is 23.0 Å². The van der Waals surface area contributed by atoms with E-state index in [1.807, 2.05) is 0 Å². The zero-order valence-corrected chi connectivity index (χ0v) is 14.4. The number of Topliss-reactive ketones (excluding diaryl/α,β-unsaturated/α-hetero) is 1. The standard InChI is InChI=1S/C20H16O7/c1-8(21)4-10-2-3-11-15(27-10)7-13-17(19(11)25)20(26)16-12(18(13)24)5-9(22)6-14(16)23/h5-7,10,22-23,25H,2-4H2,1H3. The molecule has 0 saturated carbocycles. The second-order valence-electron chi connectivity index (χ2n) is 6.85. The number of carbonyl (C=O) groups excluding carboxylic acids is 3. The maximum atomic E-state index is 12.9. The number of rotatable bonds is 2. The van der Waals surface area contributed by atoms with Crippen molar-refractivity contribution in [1.82, 2.24) is 0 Å². The zero-order chi connectivity index (χ0) is 19.5. The summed E-state index contributed by atoms with van der Waals surface area (Å²) in [6.45, 7) is 1.46. The number of fused-ring (bicyclic) bond motifs is 3. The molecule has 0 aromatic heterocycles. The van der Waals surface area contributed by atoms with Gasteiger partial charge in [-0.1, -0.05) is 0 Å². The number of hydrogen-bond donors (Lipinski definition) is 3.